The van der Waals surface area contributed by atoms with Crippen LogP contribution in [-0.4, -0.2) is 13.1 Å². The maximum absolute atomic E-state index is 11.3. The Kier molecular flexibility index (Phi) is 4.99. The van der Waals surface area contributed by atoms with E-state index < -0.39 is 0 Å². The molecule has 3 nitrogen and oxygen atoms in total. The first-order valence-corrected chi connectivity index (χ1v) is 7.12. The number of hydrogen-bond donors (Lipinski definition) is 0. The molecule has 2 aromatic carbocycles. The molecule has 0 N–H and O–H groups in total. The van der Waals surface area contributed by atoms with Crippen LogP contribution in [0.1, 0.15) is 18.1 Å². The van der Waals surface area contributed by atoms with Gasteiger partial charge in [-0.05, 0) is 59.0 Å². The van der Waals surface area contributed by atoms with Crippen LogP contribution >= 0.6 is 0 Å². The summed E-state index contributed by atoms with van der Waals surface area (Å²) in [5.74, 6) is 1.04. The van der Waals surface area contributed by atoms with Gasteiger partial charge in [0.15, 0.2) is 0 Å². The zero-order valence-corrected chi connectivity index (χ0v) is 13.0. The maximum atomic E-state index is 11.3. The predicted octanol–water partition coefficient (Wildman–Crippen LogP) is 4.23. The van der Waals surface area contributed by atoms with Gasteiger partial charge in [-0.1, -0.05) is 12.2 Å². The second-order valence-corrected chi connectivity index (χ2v) is 5.05. The first-order chi connectivity index (χ1) is 10.6. The maximum Gasteiger partial charge on any atom is 0.308 e. The fourth-order valence-electron chi connectivity index (χ4n) is 2.47. The van der Waals surface area contributed by atoms with Gasteiger partial charge in [-0.3, -0.25) is 4.79 Å². The zero-order chi connectivity index (χ0) is 16.1. The Labute approximate surface area is 130 Å². The molecule has 0 unspecified atom stereocenters. The van der Waals surface area contributed by atoms with Crippen molar-refractivity contribution in [1.82, 2.24) is 0 Å². The van der Waals surface area contributed by atoms with E-state index in [1.807, 2.05) is 24.3 Å². The van der Waals surface area contributed by atoms with Crippen molar-refractivity contribution in [2.24, 2.45) is 0 Å². The molecule has 0 atom stereocenters. The third kappa shape index (κ3) is 3.37. The van der Waals surface area contributed by atoms with Gasteiger partial charge in [0.2, 0.25) is 0 Å². The van der Waals surface area contributed by atoms with E-state index in [9.17, 15) is 4.79 Å². The van der Waals surface area contributed by atoms with Crippen LogP contribution in [0.15, 0.2) is 49.6 Å². The summed E-state index contributed by atoms with van der Waals surface area (Å²) in [6.07, 6.45) is 5.02. The van der Waals surface area contributed by atoms with Gasteiger partial charge in [0, 0.05) is 6.92 Å². The molecule has 2 aromatic rings. The first kappa shape index (κ1) is 15.8. The lowest BCUT2D eigenvalue weighted by molar-refractivity contribution is -0.131. The molecular weight excluding hydrogens is 276 g/mol. The summed E-state index contributed by atoms with van der Waals surface area (Å²) in [5.41, 5.74) is 2.02. The lowest BCUT2D eigenvalue weighted by Crippen LogP contribution is -2.04. The minimum Gasteiger partial charge on any atom is -0.496 e. The molecule has 0 bridgehead atoms. The zero-order valence-electron chi connectivity index (χ0n) is 13.0. The fourth-order valence-corrected chi connectivity index (χ4v) is 2.47. The van der Waals surface area contributed by atoms with E-state index in [0.717, 1.165) is 34.1 Å². The highest BCUT2D eigenvalue weighted by molar-refractivity contribution is 5.88. The summed E-state index contributed by atoms with van der Waals surface area (Å²) >= 11 is 0. The van der Waals surface area contributed by atoms with Crippen LogP contribution in [0.4, 0.5) is 0 Å². The van der Waals surface area contributed by atoms with Gasteiger partial charge < -0.3 is 9.47 Å². The monoisotopic (exact) mass is 296 g/mol. The standard InChI is InChI=1S/C19H20O3/c1-5-7-14-9-16-10-15(8-6-2)19(22-13(3)20)12-17(16)11-18(14)21-4/h5-6,9-12H,1-2,7-8H2,3-4H3. The van der Waals surface area contributed by atoms with Gasteiger partial charge in [-0.15, -0.1) is 13.2 Å². The summed E-state index contributed by atoms with van der Waals surface area (Å²) in [4.78, 5) is 11.3. The highest BCUT2D eigenvalue weighted by Crippen LogP contribution is 2.32. The van der Waals surface area contributed by atoms with E-state index in [0.29, 0.717) is 12.2 Å². The quantitative estimate of drug-likeness (QED) is 0.454. The Hall–Kier alpha value is -2.55. The van der Waals surface area contributed by atoms with Gasteiger partial charge in [0.05, 0.1) is 7.11 Å². The molecule has 0 aliphatic rings. The van der Waals surface area contributed by atoms with Crippen LogP contribution < -0.4 is 9.47 Å². The number of carbonyl (C=O) groups is 1. The fraction of sp³-hybridized carbons (Fsp3) is 0.211. The van der Waals surface area contributed by atoms with Gasteiger partial charge in [-0.25, -0.2) is 0 Å². The number of rotatable bonds is 6. The minimum absolute atomic E-state index is 0.333. The van der Waals surface area contributed by atoms with Crippen LogP contribution in [0.25, 0.3) is 10.8 Å². The predicted molar refractivity (Wildman–Crippen MR) is 89.6 cm³/mol. The number of esters is 1. The summed E-state index contributed by atoms with van der Waals surface area (Å²) < 4.78 is 10.7. The van der Waals surface area contributed by atoms with Crippen molar-refractivity contribution in [2.45, 2.75) is 19.8 Å². The summed E-state index contributed by atoms with van der Waals surface area (Å²) in [7, 11) is 1.65. The lowest BCUT2D eigenvalue weighted by Gasteiger charge is -2.13. The van der Waals surface area contributed by atoms with Gasteiger partial charge in [0.25, 0.3) is 0 Å². The topological polar surface area (TPSA) is 35.5 Å². The molecule has 22 heavy (non-hydrogen) atoms. The molecule has 0 aliphatic heterocycles. The smallest absolute Gasteiger partial charge is 0.308 e. The largest absolute Gasteiger partial charge is 0.496 e. The molecule has 0 aliphatic carbocycles. The SMILES string of the molecule is C=CCc1cc2cc(CC=C)c(OC(C)=O)cc2cc1OC. The molecule has 2 rings (SSSR count). The van der Waals surface area contributed by atoms with Crippen LogP contribution in [0.5, 0.6) is 11.5 Å². The molecule has 3 heteroatoms. The molecule has 114 valence electrons. The van der Waals surface area contributed by atoms with Crippen molar-refractivity contribution in [3.05, 3.63) is 60.7 Å². The van der Waals surface area contributed by atoms with E-state index in [-0.39, 0.29) is 5.97 Å². The number of ether oxygens (including phenoxy) is 2. The van der Waals surface area contributed by atoms with E-state index in [4.69, 9.17) is 9.47 Å². The molecule has 0 spiro atoms. The molecule has 0 radical (unpaired) electrons. The first-order valence-electron chi connectivity index (χ1n) is 7.12. The Morgan fingerprint density at radius 3 is 2.00 bits per heavy atom. The number of hydrogen-bond acceptors (Lipinski definition) is 3. The third-order valence-corrected chi connectivity index (χ3v) is 3.40. The van der Waals surface area contributed by atoms with Crippen molar-refractivity contribution in [1.29, 1.82) is 0 Å². The molecule has 0 saturated heterocycles. The van der Waals surface area contributed by atoms with Gasteiger partial charge in [-0.2, -0.15) is 0 Å². The second kappa shape index (κ2) is 6.94. The Balaban J connectivity index is 2.64. The van der Waals surface area contributed by atoms with E-state index in [2.05, 4.69) is 19.2 Å². The Morgan fingerprint density at radius 2 is 1.50 bits per heavy atom. The van der Waals surface area contributed by atoms with Gasteiger partial charge >= 0.3 is 5.97 Å². The van der Waals surface area contributed by atoms with Crippen molar-refractivity contribution < 1.29 is 14.3 Å². The minimum atomic E-state index is -0.333. The van der Waals surface area contributed by atoms with Crippen LogP contribution in [0, 0.1) is 0 Å². The number of allylic oxidation sites excluding steroid dienone is 2. The van der Waals surface area contributed by atoms with Crippen molar-refractivity contribution in [3.8, 4) is 11.5 Å². The van der Waals surface area contributed by atoms with E-state index >= 15 is 0 Å². The molecule has 0 fully saturated rings. The van der Waals surface area contributed by atoms with Crippen molar-refractivity contribution >= 4 is 16.7 Å². The Bertz CT molecular complexity index is 729. The van der Waals surface area contributed by atoms with Crippen molar-refractivity contribution in [2.75, 3.05) is 7.11 Å². The van der Waals surface area contributed by atoms with Crippen molar-refractivity contribution in [3.63, 3.8) is 0 Å². The van der Waals surface area contributed by atoms with Crippen LogP contribution in [-0.2, 0) is 17.6 Å². The average Bonchev–Trinajstić information content (AvgIpc) is 2.47. The normalized spacial score (nSPS) is 10.3. The number of benzene rings is 2. The third-order valence-electron chi connectivity index (χ3n) is 3.40. The summed E-state index contributed by atoms with van der Waals surface area (Å²) in [6.45, 7) is 8.93. The molecule has 0 saturated carbocycles. The molecule has 0 heterocycles. The molecular formula is C19H20O3. The van der Waals surface area contributed by atoms with E-state index in [1.54, 1.807) is 13.2 Å². The highest BCUT2D eigenvalue weighted by atomic mass is 16.5. The van der Waals surface area contributed by atoms with Gasteiger partial charge in [0.1, 0.15) is 11.5 Å². The highest BCUT2D eigenvalue weighted by Gasteiger charge is 2.11. The number of fused-ring (bicyclic) bond motifs is 1. The van der Waals surface area contributed by atoms with E-state index in [1.165, 1.54) is 6.92 Å². The second-order valence-electron chi connectivity index (χ2n) is 5.05. The van der Waals surface area contributed by atoms with Crippen LogP contribution in [0.3, 0.4) is 0 Å². The van der Waals surface area contributed by atoms with Crippen LogP contribution in [0.2, 0.25) is 0 Å². The molecule has 0 amide bonds. The lowest BCUT2D eigenvalue weighted by atomic mass is 9.99. The summed E-state index contributed by atoms with van der Waals surface area (Å²) in [5, 5.41) is 2.04. The Morgan fingerprint density at radius 1 is 1.00 bits per heavy atom. The summed E-state index contributed by atoms with van der Waals surface area (Å²) in [6, 6.07) is 7.94. The number of methoxy groups -OCH3 is 1. The number of carbonyl (C=O) groups excluding carboxylic acids is 1. The molecule has 0 aromatic heterocycles. The average molecular weight is 296 g/mol.